The van der Waals surface area contributed by atoms with E-state index in [1.54, 1.807) is 11.0 Å². The van der Waals surface area contributed by atoms with Crippen molar-refractivity contribution in [3.63, 3.8) is 0 Å². The summed E-state index contributed by atoms with van der Waals surface area (Å²) in [6.45, 7) is 1.13. The van der Waals surface area contributed by atoms with Crippen LogP contribution in [-0.2, 0) is 0 Å². The van der Waals surface area contributed by atoms with E-state index in [-0.39, 0.29) is 12.0 Å². The number of pyridine rings is 1. The van der Waals surface area contributed by atoms with E-state index in [2.05, 4.69) is 4.98 Å². The van der Waals surface area contributed by atoms with Crippen molar-refractivity contribution in [2.45, 2.75) is 18.9 Å². The molecule has 0 bridgehead atoms. The Morgan fingerprint density at radius 3 is 2.75 bits per heavy atom. The number of aliphatic hydroxyl groups is 1. The van der Waals surface area contributed by atoms with Gasteiger partial charge in [0.05, 0.1) is 11.6 Å². The molecule has 1 aromatic heterocycles. The highest BCUT2D eigenvalue weighted by atomic mass is 16.3. The van der Waals surface area contributed by atoms with Gasteiger partial charge in [-0.05, 0) is 25.0 Å². The molecular weight excluding hydrogens is 254 g/mol. The number of likely N-dealkylation sites (tertiary alicyclic amines) is 1. The van der Waals surface area contributed by atoms with E-state index >= 15 is 0 Å². The van der Waals surface area contributed by atoms with Crippen LogP contribution in [0, 0.1) is 0 Å². The van der Waals surface area contributed by atoms with Crippen LogP contribution in [0.2, 0.25) is 0 Å². The molecule has 2 aromatic rings. The van der Waals surface area contributed by atoms with Crippen LogP contribution < -0.4 is 5.73 Å². The van der Waals surface area contributed by atoms with Gasteiger partial charge in [-0.15, -0.1) is 0 Å². The number of hydrogen-bond donors (Lipinski definition) is 2. The molecule has 2 heterocycles. The van der Waals surface area contributed by atoms with Gasteiger partial charge in [-0.2, -0.15) is 0 Å². The third-order valence-electron chi connectivity index (χ3n) is 3.72. The average molecular weight is 271 g/mol. The van der Waals surface area contributed by atoms with Gasteiger partial charge in [0.2, 0.25) is 0 Å². The normalized spacial score (nSPS) is 16.6. The van der Waals surface area contributed by atoms with Crippen molar-refractivity contribution in [3.8, 4) is 0 Å². The number of hydrogen-bond acceptors (Lipinski definition) is 4. The molecular formula is C15H17N3O2. The molecule has 0 spiro atoms. The van der Waals surface area contributed by atoms with E-state index in [1.807, 2.05) is 24.3 Å². The number of fused-ring (bicyclic) bond motifs is 1. The molecule has 3 rings (SSSR count). The number of anilines is 1. The van der Waals surface area contributed by atoms with E-state index in [9.17, 15) is 9.90 Å². The Morgan fingerprint density at radius 1 is 1.30 bits per heavy atom. The Bertz CT molecular complexity index is 649. The van der Waals surface area contributed by atoms with Crippen LogP contribution in [0.15, 0.2) is 30.3 Å². The number of piperidine rings is 1. The van der Waals surface area contributed by atoms with Gasteiger partial charge in [-0.1, -0.05) is 18.2 Å². The van der Waals surface area contributed by atoms with Crippen molar-refractivity contribution in [2.24, 2.45) is 0 Å². The van der Waals surface area contributed by atoms with E-state index in [4.69, 9.17) is 5.73 Å². The second-order valence-corrected chi connectivity index (χ2v) is 5.14. The summed E-state index contributed by atoms with van der Waals surface area (Å²) >= 11 is 0. The second-order valence-electron chi connectivity index (χ2n) is 5.14. The number of aliphatic hydroxyl groups excluding tert-OH is 1. The molecule has 1 saturated heterocycles. The minimum absolute atomic E-state index is 0.116. The zero-order valence-electron chi connectivity index (χ0n) is 11.1. The lowest BCUT2D eigenvalue weighted by atomic mass is 10.1. The Kier molecular flexibility index (Phi) is 3.28. The van der Waals surface area contributed by atoms with Crippen molar-refractivity contribution in [2.75, 3.05) is 18.8 Å². The Labute approximate surface area is 117 Å². The maximum atomic E-state index is 12.4. The van der Waals surface area contributed by atoms with Crippen molar-refractivity contribution >= 4 is 22.5 Å². The highest BCUT2D eigenvalue weighted by molar-refractivity contribution is 5.99. The number of amides is 1. The quantitative estimate of drug-likeness (QED) is 0.822. The summed E-state index contributed by atoms with van der Waals surface area (Å²) in [5.74, 6) is -0.116. The maximum absolute atomic E-state index is 12.4. The lowest BCUT2D eigenvalue weighted by Crippen LogP contribution is -2.40. The molecule has 0 unspecified atom stereocenters. The highest BCUT2D eigenvalue weighted by Crippen LogP contribution is 2.21. The third-order valence-corrected chi connectivity index (χ3v) is 3.72. The summed E-state index contributed by atoms with van der Waals surface area (Å²) < 4.78 is 0. The van der Waals surface area contributed by atoms with Gasteiger partial charge in [0.1, 0.15) is 5.69 Å². The zero-order valence-corrected chi connectivity index (χ0v) is 11.1. The van der Waals surface area contributed by atoms with Crippen LogP contribution in [0.3, 0.4) is 0 Å². The highest BCUT2D eigenvalue weighted by Gasteiger charge is 2.23. The number of carbonyl (C=O) groups is 1. The molecule has 0 saturated carbocycles. The van der Waals surface area contributed by atoms with Crippen LogP contribution in [0.25, 0.3) is 10.9 Å². The zero-order chi connectivity index (χ0) is 14.1. The summed E-state index contributed by atoms with van der Waals surface area (Å²) in [7, 11) is 0. The minimum atomic E-state index is -0.298. The van der Waals surface area contributed by atoms with E-state index in [1.165, 1.54) is 0 Å². The molecule has 20 heavy (non-hydrogen) atoms. The van der Waals surface area contributed by atoms with Crippen molar-refractivity contribution < 1.29 is 9.90 Å². The average Bonchev–Trinajstić information content (AvgIpc) is 2.47. The van der Waals surface area contributed by atoms with E-state index in [0.717, 1.165) is 10.9 Å². The van der Waals surface area contributed by atoms with Crippen molar-refractivity contribution in [1.82, 2.24) is 9.88 Å². The van der Waals surface area contributed by atoms with Crippen molar-refractivity contribution in [1.29, 1.82) is 0 Å². The van der Waals surface area contributed by atoms with Gasteiger partial charge in [-0.3, -0.25) is 4.79 Å². The first-order valence-electron chi connectivity index (χ1n) is 6.78. The Morgan fingerprint density at radius 2 is 2.00 bits per heavy atom. The van der Waals surface area contributed by atoms with E-state index < -0.39 is 0 Å². The topological polar surface area (TPSA) is 79.5 Å². The number of aromatic nitrogens is 1. The molecule has 0 radical (unpaired) electrons. The van der Waals surface area contributed by atoms with Gasteiger partial charge in [0.25, 0.3) is 5.91 Å². The fourth-order valence-electron chi connectivity index (χ4n) is 2.54. The molecule has 0 aliphatic carbocycles. The summed E-state index contributed by atoms with van der Waals surface area (Å²) in [6.07, 6.45) is 0.942. The number of nitrogens with two attached hydrogens (primary N) is 1. The smallest absolute Gasteiger partial charge is 0.272 e. The molecule has 0 atom stereocenters. The largest absolute Gasteiger partial charge is 0.398 e. The molecule has 1 aliphatic heterocycles. The number of rotatable bonds is 1. The van der Waals surface area contributed by atoms with Crippen LogP contribution in [0.5, 0.6) is 0 Å². The van der Waals surface area contributed by atoms with Gasteiger partial charge in [-0.25, -0.2) is 4.98 Å². The molecule has 104 valence electrons. The first kappa shape index (κ1) is 12.9. The number of carbonyl (C=O) groups excluding carboxylic acids is 1. The molecule has 1 aromatic carbocycles. The monoisotopic (exact) mass is 271 g/mol. The Hall–Kier alpha value is -2.14. The molecule has 1 fully saturated rings. The van der Waals surface area contributed by atoms with Crippen LogP contribution in [-0.4, -0.2) is 40.1 Å². The fourth-order valence-corrected chi connectivity index (χ4v) is 2.54. The fraction of sp³-hybridized carbons (Fsp3) is 0.333. The lowest BCUT2D eigenvalue weighted by Gasteiger charge is -2.29. The summed E-state index contributed by atoms with van der Waals surface area (Å²) in [6, 6.07) is 9.15. The summed E-state index contributed by atoms with van der Waals surface area (Å²) in [5, 5.41) is 10.4. The van der Waals surface area contributed by atoms with Crippen LogP contribution in [0.1, 0.15) is 23.3 Å². The number of para-hydroxylation sites is 1. The number of nitrogen functional groups attached to an aromatic ring is 1. The number of nitrogens with zero attached hydrogens (tertiary/aromatic N) is 2. The van der Waals surface area contributed by atoms with Crippen LogP contribution in [0.4, 0.5) is 5.69 Å². The first-order valence-corrected chi connectivity index (χ1v) is 6.78. The Balaban J connectivity index is 1.92. The maximum Gasteiger partial charge on any atom is 0.272 e. The molecule has 5 nitrogen and oxygen atoms in total. The summed E-state index contributed by atoms with van der Waals surface area (Å²) in [5.41, 5.74) is 7.66. The lowest BCUT2D eigenvalue weighted by molar-refractivity contribution is 0.0542. The van der Waals surface area contributed by atoms with Gasteiger partial charge in [0.15, 0.2) is 0 Å². The van der Waals surface area contributed by atoms with Crippen molar-refractivity contribution in [3.05, 3.63) is 36.0 Å². The minimum Gasteiger partial charge on any atom is -0.398 e. The first-order chi connectivity index (χ1) is 9.65. The van der Waals surface area contributed by atoms with Gasteiger partial charge < -0.3 is 15.7 Å². The summed E-state index contributed by atoms with van der Waals surface area (Å²) in [4.78, 5) is 18.6. The molecule has 1 aliphatic rings. The van der Waals surface area contributed by atoms with E-state index in [0.29, 0.717) is 37.3 Å². The molecule has 1 amide bonds. The van der Waals surface area contributed by atoms with Crippen LogP contribution >= 0.6 is 0 Å². The standard InChI is InChI=1S/C15H17N3O2/c16-12-9-14(17-13-4-2-1-3-11(12)13)15(20)18-7-5-10(19)6-8-18/h1-4,9-10,19H,5-8H2,(H2,16,17). The van der Waals surface area contributed by atoms with Gasteiger partial charge in [0, 0.05) is 24.2 Å². The molecule has 3 N–H and O–H groups in total. The molecule has 5 heteroatoms. The predicted molar refractivity (Wildman–Crippen MR) is 77.3 cm³/mol. The third kappa shape index (κ3) is 2.32. The SMILES string of the molecule is Nc1cc(C(=O)N2CCC(O)CC2)nc2ccccc12. The van der Waals surface area contributed by atoms with Gasteiger partial charge >= 0.3 is 0 Å². The number of benzene rings is 1. The predicted octanol–water partition coefficient (Wildman–Crippen LogP) is 1.41. The second kappa shape index (κ2) is 5.09.